The number of rotatable bonds is 6. The molecule has 0 fully saturated rings. The van der Waals surface area contributed by atoms with Crippen LogP contribution in [0, 0.1) is 6.92 Å². The standard InChI is InChI=1S/C17H20BrN3O3S/c1-4-20(16-10-9-14(18)11-19-16)17(22)12-21(25(3,23)24)15-8-6-5-7-13(15)2/h5-11H,4,12H2,1-3H3. The minimum Gasteiger partial charge on any atom is -0.296 e. The summed E-state index contributed by atoms with van der Waals surface area (Å²) in [6.45, 7) is 3.74. The molecule has 0 aliphatic rings. The van der Waals surface area contributed by atoms with Gasteiger partial charge in [0.2, 0.25) is 15.9 Å². The van der Waals surface area contributed by atoms with Crippen LogP contribution in [-0.4, -0.2) is 38.7 Å². The van der Waals surface area contributed by atoms with Crippen LogP contribution < -0.4 is 9.21 Å². The van der Waals surface area contributed by atoms with Gasteiger partial charge >= 0.3 is 0 Å². The van der Waals surface area contributed by atoms with Crippen LogP contribution in [-0.2, 0) is 14.8 Å². The third kappa shape index (κ3) is 4.79. The molecule has 2 rings (SSSR count). The highest BCUT2D eigenvalue weighted by Crippen LogP contribution is 2.23. The van der Waals surface area contributed by atoms with Gasteiger partial charge in [0.25, 0.3) is 0 Å². The number of likely N-dealkylation sites (N-methyl/N-ethyl adjacent to an activating group) is 1. The molecule has 0 saturated carbocycles. The Bertz CT molecular complexity index is 854. The molecule has 0 atom stereocenters. The molecule has 6 nitrogen and oxygen atoms in total. The zero-order chi connectivity index (χ0) is 18.6. The second-order valence-corrected chi connectivity index (χ2v) is 8.35. The molecule has 1 heterocycles. The average molecular weight is 426 g/mol. The number of halogens is 1. The van der Waals surface area contributed by atoms with Crippen LogP contribution in [0.1, 0.15) is 12.5 Å². The SMILES string of the molecule is CCN(C(=O)CN(c1ccccc1C)S(C)(=O)=O)c1ccc(Br)cn1. The van der Waals surface area contributed by atoms with Crippen molar-refractivity contribution in [3.05, 3.63) is 52.6 Å². The first-order valence-corrected chi connectivity index (χ1v) is 10.3. The Morgan fingerprint density at radius 2 is 1.88 bits per heavy atom. The highest BCUT2D eigenvalue weighted by molar-refractivity contribution is 9.10. The number of nitrogens with zero attached hydrogens (tertiary/aromatic N) is 3. The number of carbonyl (C=O) groups is 1. The summed E-state index contributed by atoms with van der Waals surface area (Å²) in [5, 5.41) is 0. The minimum absolute atomic E-state index is 0.282. The number of pyridine rings is 1. The van der Waals surface area contributed by atoms with Crippen LogP contribution in [0.15, 0.2) is 47.1 Å². The highest BCUT2D eigenvalue weighted by atomic mass is 79.9. The summed E-state index contributed by atoms with van der Waals surface area (Å²) in [5.41, 5.74) is 1.28. The van der Waals surface area contributed by atoms with E-state index in [1.807, 2.05) is 26.0 Å². The third-order valence-corrected chi connectivity index (χ3v) is 5.26. The van der Waals surface area contributed by atoms with E-state index in [2.05, 4.69) is 20.9 Å². The Balaban J connectivity index is 2.33. The molecular weight excluding hydrogens is 406 g/mol. The summed E-state index contributed by atoms with van der Waals surface area (Å²) >= 11 is 3.30. The van der Waals surface area contributed by atoms with E-state index in [1.54, 1.807) is 30.5 Å². The maximum atomic E-state index is 12.8. The highest BCUT2D eigenvalue weighted by Gasteiger charge is 2.25. The van der Waals surface area contributed by atoms with Gasteiger partial charge in [-0.1, -0.05) is 18.2 Å². The molecule has 0 aliphatic heterocycles. The van der Waals surface area contributed by atoms with E-state index >= 15 is 0 Å². The van der Waals surface area contributed by atoms with Crippen molar-refractivity contribution < 1.29 is 13.2 Å². The quantitative estimate of drug-likeness (QED) is 0.712. The third-order valence-electron chi connectivity index (χ3n) is 3.67. The summed E-state index contributed by atoms with van der Waals surface area (Å²) in [4.78, 5) is 18.5. The van der Waals surface area contributed by atoms with E-state index in [9.17, 15) is 13.2 Å². The van der Waals surface area contributed by atoms with Gasteiger partial charge in [-0.05, 0) is 53.5 Å². The van der Waals surface area contributed by atoms with Crippen LogP contribution in [0.25, 0.3) is 0 Å². The summed E-state index contributed by atoms with van der Waals surface area (Å²) in [5.74, 6) is 0.139. The first-order chi connectivity index (χ1) is 11.7. The van der Waals surface area contributed by atoms with Crippen molar-refractivity contribution in [3.63, 3.8) is 0 Å². The fourth-order valence-electron chi connectivity index (χ4n) is 2.43. The number of anilines is 2. The Morgan fingerprint density at radius 1 is 1.20 bits per heavy atom. The van der Waals surface area contributed by atoms with Gasteiger partial charge in [0, 0.05) is 17.2 Å². The number of amides is 1. The van der Waals surface area contributed by atoms with Gasteiger partial charge in [-0.2, -0.15) is 0 Å². The molecule has 0 aliphatic carbocycles. The number of hydrogen-bond donors (Lipinski definition) is 0. The van der Waals surface area contributed by atoms with Gasteiger partial charge in [-0.3, -0.25) is 14.0 Å². The van der Waals surface area contributed by atoms with Crippen LogP contribution in [0.4, 0.5) is 11.5 Å². The normalized spacial score (nSPS) is 11.2. The Labute approximate surface area is 156 Å². The Kier molecular flexibility index (Phi) is 6.18. The Hall–Kier alpha value is -1.93. The summed E-state index contributed by atoms with van der Waals surface area (Å²) in [6.07, 6.45) is 2.70. The van der Waals surface area contributed by atoms with E-state index in [1.165, 1.54) is 4.90 Å². The van der Waals surface area contributed by atoms with E-state index in [-0.39, 0.29) is 12.5 Å². The van der Waals surface area contributed by atoms with Gasteiger partial charge in [0.1, 0.15) is 12.4 Å². The number of carbonyl (C=O) groups excluding carboxylic acids is 1. The van der Waals surface area contributed by atoms with Crippen LogP contribution in [0.5, 0.6) is 0 Å². The molecule has 0 unspecified atom stereocenters. The van der Waals surface area contributed by atoms with Crippen molar-refractivity contribution in [2.45, 2.75) is 13.8 Å². The van der Waals surface area contributed by atoms with Crippen LogP contribution in [0.3, 0.4) is 0 Å². The first kappa shape index (κ1) is 19.4. The van der Waals surface area contributed by atoms with Crippen LogP contribution >= 0.6 is 15.9 Å². The maximum absolute atomic E-state index is 12.8. The summed E-state index contributed by atoms with van der Waals surface area (Å²) in [6, 6.07) is 10.6. The average Bonchev–Trinajstić information content (AvgIpc) is 2.55. The first-order valence-electron chi connectivity index (χ1n) is 7.69. The number of para-hydroxylation sites is 1. The van der Waals surface area contributed by atoms with E-state index in [0.717, 1.165) is 20.6 Å². The number of hydrogen-bond acceptors (Lipinski definition) is 4. The monoisotopic (exact) mass is 425 g/mol. The molecule has 0 saturated heterocycles. The lowest BCUT2D eigenvalue weighted by atomic mass is 10.2. The van der Waals surface area contributed by atoms with Crippen molar-refractivity contribution >= 4 is 43.4 Å². The molecule has 1 aromatic carbocycles. The fraction of sp³-hybridized carbons (Fsp3) is 0.294. The predicted molar refractivity (Wildman–Crippen MR) is 103 cm³/mol. The van der Waals surface area contributed by atoms with E-state index < -0.39 is 10.0 Å². The Morgan fingerprint density at radius 3 is 2.40 bits per heavy atom. The van der Waals surface area contributed by atoms with Gasteiger partial charge in [0.15, 0.2) is 0 Å². The molecule has 25 heavy (non-hydrogen) atoms. The molecule has 0 N–H and O–H groups in total. The van der Waals surface area contributed by atoms with Crippen molar-refractivity contribution in [1.82, 2.24) is 4.98 Å². The van der Waals surface area contributed by atoms with Crippen molar-refractivity contribution in [2.75, 3.05) is 28.6 Å². The lowest BCUT2D eigenvalue weighted by Gasteiger charge is -2.27. The molecule has 8 heteroatoms. The number of aromatic nitrogens is 1. The molecule has 1 amide bonds. The van der Waals surface area contributed by atoms with E-state index in [0.29, 0.717) is 18.1 Å². The van der Waals surface area contributed by atoms with Gasteiger partial charge in [-0.25, -0.2) is 13.4 Å². The maximum Gasteiger partial charge on any atom is 0.248 e. The smallest absolute Gasteiger partial charge is 0.248 e. The lowest BCUT2D eigenvalue weighted by Crippen LogP contribution is -2.43. The molecule has 134 valence electrons. The molecule has 0 bridgehead atoms. The zero-order valence-electron chi connectivity index (χ0n) is 14.3. The van der Waals surface area contributed by atoms with Crippen LogP contribution in [0.2, 0.25) is 0 Å². The zero-order valence-corrected chi connectivity index (χ0v) is 16.7. The fourth-order valence-corrected chi connectivity index (χ4v) is 3.57. The molecular formula is C17H20BrN3O3S. The predicted octanol–water partition coefficient (Wildman–Crippen LogP) is 2.97. The van der Waals surface area contributed by atoms with Crippen molar-refractivity contribution in [1.29, 1.82) is 0 Å². The van der Waals surface area contributed by atoms with E-state index in [4.69, 9.17) is 0 Å². The summed E-state index contributed by atoms with van der Waals surface area (Å²) in [7, 11) is -3.61. The topological polar surface area (TPSA) is 70.6 Å². The summed E-state index contributed by atoms with van der Waals surface area (Å²) < 4.78 is 26.4. The lowest BCUT2D eigenvalue weighted by molar-refractivity contribution is -0.117. The molecule has 0 spiro atoms. The number of benzene rings is 1. The number of aryl methyl sites for hydroxylation is 1. The minimum atomic E-state index is -3.61. The molecule has 1 aromatic heterocycles. The van der Waals surface area contributed by atoms with Gasteiger partial charge < -0.3 is 0 Å². The van der Waals surface area contributed by atoms with Crippen molar-refractivity contribution in [3.8, 4) is 0 Å². The van der Waals surface area contributed by atoms with Crippen molar-refractivity contribution in [2.24, 2.45) is 0 Å². The van der Waals surface area contributed by atoms with Gasteiger partial charge in [-0.15, -0.1) is 0 Å². The molecule has 2 aromatic rings. The second kappa shape index (κ2) is 7.97. The second-order valence-electron chi connectivity index (χ2n) is 5.53. The largest absolute Gasteiger partial charge is 0.296 e. The van der Waals surface area contributed by atoms with Gasteiger partial charge in [0.05, 0.1) is 11.9 Å². The number of sulfonamides is 1. The molecule has 0 radical (unpaired) electrons.